The van der Waals surface area contributed by atoms with Gasteiger partial charge in [0.2, 0.25) is 0 Å². The number of nitrogens with one attached hydrogen (secondary N) is 1. The molecule has 5 rings (SSSR count). The number of H-pyrrole nitrogens is 1. The Morgan fingerprint density at radius 3 is 2.80 bits per heavy atom. The number of tetrazole rings is 1. The zero-order chi connectivity index (χ0) is 24.2. The highest BCUT2D eigenvalue weighted by molar-refractivity contribution is 5.79. The van der Waals surface area contributed by atoms with Gasteiger partial charge in [0.15, 0.2) is 5.82 Å². The van der Waals surface area contributed by atoms with Crippen molar-refractivity contribution in [2.75, 3.05) is 6.61 Å². The maximum Gasteiger partial charge on any atom is 0.252 e. The van der Waals surface area contributed by atoms with Crippen LogP contribution in [0.2, 0.25) is 0 Å². The van der Waals surface area contributed by atoms with Crippen molar-refractivity contribution in [3.8, 4) is 0 Å². The maximum atomic E-state index is 13.1. The molecule has 0 radical (unpaired) electrons. The molecular weight excluding hydrogens is 440 g/mol. The van der Waals surface area contributed by atoms with Gasteiger partial charge in [-0.25, -0.2) is 4.68 Å². The fraction of sp³-hybridized carbons (Fsp3) is 0.407. The van der Waals surface area contributed by atoms with Gasteiger partial charge in [0.1, 0.15) is 0 Å². The first-order chi connectivity index (χ1) is 17.1. The second kappa shape index (κ2) is 10.5. The quantitative estimate of drug-likeness (QED) is 0.394. The first-order valence-corrected chi connectivity index (χ1v) is 12.4. The van der Waals surface area contributed by atoms with E-state index in [9.17, 15) is 4.79 Å². The topological polar surface area (TPSA) is 88.9 Å². The summed E-state index contributed by atoms with van der Waals surface area (Å²) in [5, 5.41) is 13.8. The van der Waals surface area contributed by atoms with Crippen LogP contribution >= 0.6 is 0 Å². The fourth-order valence-corrected chi connectivity index (χ4v) is 4.97. The van der Waals surface area contributed by atoms with Crippen LogP contribution < -0.4 is 5.56 Å². The van der Waals surface area contributed by atoms with Crippen LogP contribution in [0.25, 0.3) is 10.9 Å². The standard InChI is InChI=1S/C27H32N6O2/c1-3-25(26-29-30-31-33(26)18-23-10-7-13-35-23)32(16-20-8-5-4-6-9-20)17-22-15-21-14-19(2)11-12-24(21)28-27(22)34/h4-6,8-9,11-12,14-15,23,25H,3,7,10,13,16-18H2,1-2H3,(H,28,34)/t23-,25-/m0/s1. The Morgan fingerprint density at radius 1 is 1.17 bits per heavy atom. The van der Waals surface area contributed by atoms with E-state index in [-0.39, 0.29) is 17.7 Å². The molecule has 0 bridgehead atoms. The number of rotatable bonds is 9. The molecule has 1 N–H and O–H groups in total. The largest absolute Gasteiger partial charge is 0.376 e. The predicted molar refractivity (Wildman–Crippen MR) is 135 cm³/mol. The van der Waals surface area contributed by atoms with E-state index in [2.05, 4.69) is 57.5 Å². The number of fused-ring (bicyclic) bond motifs is 1. The molecule has 2 atom stereocenters. The molecule has 3 heterocycles. The number of hydrogen-bond acceptors (Lipinski definition) is 6. The van der Waals surface area contributed by atoms with Gasteiger partial charge in [-0.2, -0.15) is 0 Å². The molecule has 0 spiro atoms. The van der Waals surface area contributed by atoms with Gasteiger partial charge in [-0.15, -0.1) is 5.10 Å². The highest BCUT2D eigenvalue weighted by Crippen LogP contribution is 2.27. The van der Waals surface area contributed by atoms with Crippen LogP contribution in [0.1, 0.15) is 54.7 Å². The van der Waals surface area contributed by atoms with Gasteiger partial charge in [0, 0.05) is 30.8 Å². The Balaban J connectivity index is 1.50. The van der Waals surface area contributed by atoms with Gasteiger partial charge in [-0.05, 0) is 65.8 Å². The minimum atomic E-state index is -0.0618. The van der Waals surface area contributed by atoms with Gasteiger partial charge >= 0.3 is 0 Å². The molecule has 2 aromatic heterocycles. The highest BCUT2D eigenvalue weighted by Gasteiger charge is 2.28. The molecule has 2 aromatic carbocycles. The van der Waals surface area contributed by atoms with Crippen LogP contribution in [0.15, 0.2) is 59.4 Å². The van der Waals surface area contributed by atoms with Crippen molar-refractivity contribution in [3.05, 3.63) is 87.5 Å². The van der Waals surface area contributed by atoms with Crippen molar-refractivity contribution in [1.29, 1.82) is 0 Å². The molecule has 35 heavy (non-hydrogen) atoms. The number of hydrogen-bond donors (Lipinski definition) is 1. The third-order valence-electron chi connectivity index (χ3n) is 6.76. The van der Waals surface area contributed by atoms with Crippen LogP contribution in [0, 0.1) is 6.92 Å². The van der Waals surface area contributed by atoms with E-state index in [0.717, 1.165) is 53.7 Å². The summed E-state index contributed by atoms with van der Waals surface area (Å²) >= 11 is 0. The summed E-state index contributed by atoms with van der Waals surface area (Å²) < 4.78 is 7.72. The van der Waals surface area contributed by atoms with E-state index >= 15 is 0 Å². The zero-order valence-electron chi connectivity index (χ0n) is 20.4. The Bertz CT molecular complexity index is 1330. The van der Waals surface area contributed by atoms with Crippen molar-refractivity contribution < 1.29 is 4.74 Å². The molecule has 4 aromatic rings. The van der Waals surface area contributed by atoms with E-state index in [1.807, 2.05) is 41.1 Å². The fourth-order valence-electron chi connectivity index (χ4n) is 4.97. The average molecular weight is 473 g/mol. The van der Waals surface area contributed by atoms with Crippen LogP contribution in [0.4, 0.5) is 0 Å². The molecule has 0 amide bonds. The van der Waals surface area contributed by atoms with Crippen molar-refractivity contribution in [1.82, 2.24) is 30.1 Å². The first kappa shape index (κ1) is 23.4. The van der Waals surface area contributed by atoms with Gasteiger partial charge in [0.05, 0.1) is 18.7 Å². The van der Waals surface area contributed by atoms with Crippen molar-refractivity contribution in [2.24, 2.45) is 0 Å². The lowest BCUT2D eigenvalue weighted by Crippen LogP contribution is -2.33. The number of aromatic nitrogens is 5. The summed E-state index contributed by atoms with van der Waals surface area (Å²) in [7, 11) is 0. The van der Waals surface area contributed by atoms with Crippen LogP contribution in [0.5, 0.6) is 0 Å². The van der Waals surface area contributed by atoms with Crippen molar-refractivity contribution >= 4 is 10.9 Å². The third-order valence-corrected chi connectivity index (χ3v) is 6.76. The Hall–Kier alpha value is -3.36. The van der Waals surface area contributed by atoms with Gasteiger partial charge in [-0.3, -0.25) is 9.69 Å². The molecule has 8 nitrogen and oxygen atoms in total. The molecule has 182 valence electrons. The Morgan fingerprint density at radius 2 is 2.03 bits per heavy atom. The number of aromatic amines is 1. The number of pyridine rings is 1. The average Bonchev–Trinajstić information content (AvgIpc) is 3.54. The number of nitrogens with zero attached hydrogens (tertiary/aromatic N) is 5. The molecule has 1 aliphatic rings. The molecule has 8 heteroatoms. The molecule has 1 aliphatic heterocycles. The van der Waals surface area contributed by atoms with E-state index in [0.29, 0.717) is 19.6 Å². The third kappa shape index (κ3) is 5.33. The molecular formula is C27H32N6O2. The first-order valence-electron chi connectivity index (χ1n) is 12.4. The van der Waals surface area contributed by atoms with Gasteiger partial charge in [-0.1, -0.05) is 48.9 Å². The monoisotopic (exact) mass is 472 g/mol. The van der Waals surface area contributed by atoms with E-state index < -0.39 is 0 Å². The maximum absolute atomic E-state index is 13.1. The summed E-state index contributed by atoms with van der Waals surface area (Å²) in [5.41, 5.74) is 3.86. The smallest absolute Gasteiger partial charge is 0.252 e. The van der Waals surface area contributed by atoms with Crippen molar-refractivity contribution in [3.63, 3.8) is 0 Å². The molecule has 0 unspecified atom stereocenters. The lowest BCUT2D eigenvalue weighted by Gasteiger charge is -2.30. The summed E-state index contributed by atoms with van der Waals surface area (Å²) in [6.07, 6.45) is 3.05. The normalized spacial score (nSPS) is 16.8. The molecule has 1 saturated heterocycles. The van der Waals surface area contributed by atoms with Crippen LogP contribution in [-0.4, -0.2) is 42.8 Å². The minimum absolute atomic E-state index is 0.0563. The number of benzene rings is 2. The number of aryl methyl sites for hydroxylation is 1. The van der Waals surface area contributed by atoms with E-state index in [1.165, 1.54) is 5.56 Å². The number of ether oxygens (including phenoxy) is 1. The predicted octanol–water partition coefficient (Wildman–Crippen LogP) is 4.16. The molecule has 1 fully saturated rings. The second-order valence-corrected chi connectivity index (χ2v) is 9.38. The Labute approximate surface area is 204 Å². The van der Waals surface area contributed by atoms with Crippen LogP contribution in [-0.2, 0) is 24.4 Å². The SMILES string of the molecule is CC[C@@H](c1nnnn1C[C@@H]1CCCO1)N(Cc1ccccc1)Cc1cc2cc(C)ccc2[nH]c1=O. The zero-order valence-corrected chi connectivity index (χ0v) is 20.4. The summed E-state index contributed by atoms with van der Waals surface area (Å²) in [6, 6.07) is 18.4. The molecule has 0 saturated carbocycles. The minimum Gasteiger partial charge on any atom is -0.376 e. The summed E-state index contributed by atoms with van der Waals surface area (Å²) in [6.45, 7) is 6.81. The lowest BCUT2D eigenvalue weighted by atomic mass is 10.1. The van der Waals surface area contributed by atoms with E-state index in [4.69, 9.17) is 4.74 Å². The van der Waals surface area contributed by atoms with E-state index in [1.54, 1.807) is 0 Å². The summed E-state index contributed by atoms with van der Waals surface area (Å²) in [4.78, 5) is 18.4. The van der Waals surface area contributed by atoms with Crippen molar-refractivity contribution in [2.45, 2.75) is 64.9 Å². The summed E-state index contributed by atoms with van der Waals surface area (Å²) in [5.74, 6) is 0.812. The highest BCUT2D eigenvalue weighted by atomic mass is 16.5. The Kier molecular flexibility index (Phi) is 7.01. The molecule has 0 aliphatic carbocycles. The van der Waals surface area contributed by atoms with Crippen LogP contribution in [0.3, 0.4) is 0 Å². The van der Waals surface area contributed by atoms with Gasteiger partial charge < -0.3 is 9.72 Å². The lowest BCUT2D eigenvalue weighted by molar-refractivity contribution is 0.0888. The van der Waals surface area contributed by atoms with Gasteiger partial charge in [0.25, 0.3) is 5.56 Å². The second-order valence-electron chi connectivity index (χ2n) is 9.38.